The Labute approximate surface area is 88.9 Å². The summed E-state index contributed by atoms with van der Waals surface area (Å²) < 4.78 is 6.21. The van der Waals surface area contributed by atoms with Gasteiger partial charge in [-0.25, -0.2) is 0 Å². The lowest BCUT2D eigenvalue weighted by Gasteiger charge is -2.03. The van der Waals surface area contributed by atoms with Crippen LogP contribution in [0.4, 0.5) is 0 Å². The minimum Gasteiger partial charge on any atom is -0.497 e. The summed E-state index contributed by atoms with van der Waals surface area (Å²) in [4.78, 5) is 11.6. The molecule has 2 rings (SSSR count). The Morgan fingerprint density at radius 1 is 1.47 bits per heavy atom. The number of methoxy groups -OCH3 is 1. The fraction of sp³-hybridized carbons (Fsp3) is 0.333. The van der Waals surface area contributed by atoms with Crippen LogP contribution < -0.4 is 4.74 Å². The molecule has 0 amide bonds. The smallest absolute Gasteiger partial charge is 0.218 e. The highest BCUT2D eigenvalue weighted by atomic mass is 16.5. The molecule has 0 aliphatic carbocycles. The number of fused-ring (bicyclic) bond motifs is 1. The van der Waals surface area contributed by atoms with E-state index in [1.54, 1.807) is 7.11 Å². The van der Waals surface area contributed by atoms with E-state index in [-0.39, 0.29) is 6.04 Å². The Balaban J connectivity index is 2.43. The largest absolute Gasteiger partial charge is 0.497 e. The highest BCUT2D eigenvalue weighted by Crippen LogP contribution is 2.22. The first-order valence-corrected chi connectivity index (χ1v) is 4.99. The zero-order chi connectivity index (χ0) is 10.8. The van der Waals surface area contributed by atoms with Crippen molar-refractivity contribution >= 4 is 6.08 Å². The molecule has 0 fully saturated rings. The highest BCUT2D eigenvalue weighted by Gasteiger charge is 2.22. The SMILES string of the molecule is COc1ccc2c(c1)C[N+](=O)C(C)C=C2. The minimum atomic E-state index is -0.0663. The van der Waals surface area contributed by atoms with Crippen molar-refractivity contribution in [3.05, 3.63) is 40.3 Å². The zero-order valence-electron chi connectivity index (χ0n) is 8.93. The van der Waals surface area contributed by atoms with Crippen molar-refractivity contribution in [3.63, 3.8) is 0 Å². The van der Waals surface area contributed by atoms with Gasteiger partial charge in [-0.2, -0.15) is 0 Å². The first kappa shape index (κ1) is 9.90. The van der Waals surface area contributed by atoms with Crippen LogP contribution in [-0.4, -0.2) is 17.9 Å². The summed E-state index contributed by atoms with van der Waals surface area (Å²) in [5.74, 6) is 0.796. The summed E-state index contributed by atoms with van der Waals surface area (Å²) in [6.07, 6.45) is 3.92. The summed E-state index contributed by atoms with van der Waals surface area (Å²) in [6.45, 7) is 2.31. The van der Waals surface area contributed by atoms with Crippen LogP contribution in [0.25, 0.3) is 6.08 Å². The number of hydrogen-bond donors (Lipinski definition) is 0. The van der Waals surface area contributed by atoms with Crippen LogP contribution in [0.15, 0.2) is 24.3 Å². The predicted molar refractivity (Wildman–Crippen MR) is 58.8 cm³/mol. The molecule has 3 nitrogen and oxygen atoms in total. The molecule has 1 atom stereocenters. The zero-order valence-corrected chi connectivity index (χ0v) is 8.93. The maximum absolute atomic E-state index is 11.6. The third-order valence-electron chi connectivity index (χ3n) is 2.68. The molecule has 0 radical (unpaired) electrons. The Hall–Kier alpha value is -1.64. The number of rotatable bonds is 1. The van der Waals surface area contributed by atoms with E-state index in [0.717, 1.165) is 21.6 Å². The van der Waals surface area contributed by atoms with Gasteiger partial charge in [0.15, 0.2) is 0 Å². The third kappa shape index (κ3) is 1.91. The topological polar surface area (TPSA) is 29.3 Å². The Morgan fingerprint density at radius 2 is 2.27 bits per heavy atom. The molecule has 1 heterocycles. The van der Waals surface area contributed by atoms with Gasteiger partial charge in [-0.15, -0.1) is 0 Å². The molecule has 0 aromatic heterocycles. The van der Waals surface area contributed by atoms with E-state index in [2.05, 4.69) is 0 Å². The second-order valence-corrected chi connectivity index (χ2v) is 3.74. The molecule has 1 aromatic rings. The first-order valence-electron chi connectivity index (χ1n) is 4.99. The third-order valence-corrected chi connectivity index (χ3v) is 2.68. The van der Waals surface area contributed by atoms with Crippen LogP contribution in [0.5, 0.6) is 5.75 Å². The van der Waals surface area contributed by atoms with Crippen molar-refractivity contribution < 1.29 is 9.50 Å². The molecule has 0 spiro atoms. The maximum Gasteiger partial charge on any atom is 0.218 e. The van der Waals surface area contributed by atoms with Crippen molar-refractivity contribution in [1.82, 2.24) is 0 Å². The summed E-state index contributed by atoms with van der Waals surface area (Å²) in [5.41, 5.74) is 2.12. The highest BCUT2D eigenvalue weighted by molar-refractivity contribution is 5.56. The van der Waals surface area contributed by atoms with Gasteiger partial charge in [-0.1, -0.05) is 12.1 Å². The molecule has 0 N–H and O–H groups in total. The molecule has 0 bridgehead atoms. The van der Waals surface area contributed by atoms with E-state index in [1.165, 1.54) is 0 Å². The van der Waals surface area contributed by atoms with E-state index in [0.29, 0.717) is 6.54 Å². The summed E-state index contributed by atoms with van der Waals surface area (Å²) in [7, 11) is 1.63. The number of ether oxygens (including phenoxy) is 1. The Morgan fingerprint density at radius 3 is 3.00 bits per heavy atom. The van der Waals surface area contributed by atoms with Gasteiger partial charge >= 0.3 is 0 Å². The second-order valence-electron chi connectivity index (χ2n) is 3.74. The van der Waals surface area contributed by atoms with Gasteiger partial charge in [-0.05, 0) is 23.8 Å². The fourth-order valence-corrected chi connectivity index (χ4v) is 1.66. The van der Waals surface area contributed by atoms with Crippen molar-refractivity contribution in [2.45, 2.75) is 19.5 Å². The van der Waals surface area contributed by atoms with Gasteiger partial charge < -0.3 is 4.74 Å². The van der Waals surface area contributed by atoms with E-state index in [1.807, 2.05) is 37.3 Å². The predicted octanol–water partition coefficient (Wildman–Crippen LogP) is 2.39. The lowest BCUT2D eigenvalue weighted by Crippen LogP contribution is -2.16. The second kappa shape index (κ2) is 3.85. The monoisotopic (exact) mass is 204 g/mol. The quantitative estimate of drug-likeness (QED) is 0.657. The lowest BCUT2D eigenvalue weighted by atomic mass is 10.1. The van der Waals surface area contributed by atoms with Gasteiger partial charge in [0.1, 0.15) is 5.75 Å². The van der Waals surface area contributed by atoms with Gasteiger partial charge in [0.05, 0.1) is 7.11 Å². The number of benzene rings is 1. The molecule has 1 aliphatic heterocycles. The molecule has 0 saturated carbocycles. The van der Waals surface area contributed by atoms with E-state index in [4.69, 9.17) is 4.74 Å². The maximum atomic E-state index is 11.6. The average Bonchev–Trinajstić information content (AvgIpc) is 2.39. The van der Waals surface area contributed by atoms with E-state index >= 15 is 0 Å². The molecule has 3 heteroatoms. The van der Waals surface area contributed by atoms with Gasteiger partial charge in [0, 0.05) is 22.2 Å². The Kier molecular flexibility index (Phi) is 2.54. The molecule has 1 unspecified atom stereocenters. The van der Waals surface area contributed by atoms with E-state index < -0.39 is 0 Å². The van der Waals surface area contributed by atoms with Gasteiger partial charge in [0.25, 0.3) is 0 Å². The summed E-state index contributed by atoms with van der Waals surface area (Å²) in [5, 5.41) is 0. The molecular weight excluding hydrogens is 190 g/mol. The summed E-state index contributed by atoms with van der Waals surface area (Å²) in [6, 6.07) is 5.75. The summed E-state index contributed by atoms with van der Waals surface area (Å²) >= 11 is 0. The van der Waals surface area contributed by atoms with Crippen LogP contribution in [0.2, 0.25) is 0 Å². The average molecular weight is 204 g/mol. The molecule has 1 aliphatic rings. The van der Waals surface area contributed by atoms with Crippen LogP contribution in [0.3, 0.4) is 0 Å². The number of nitrogens with zero attached hydrogens (tertiary/aromatic N) is 1. The minimum absolute atomic E-state index is 0.0663. The van der Waals surface area contributed by atoms with Crippen LogP contribution in [0.1, 0.15) is 18.1 Å². The molecular formula is C12H14NO2+. The van der Waals surface area contributed by atoms with Crippen LogP contribution in [0, 0.1) is 4.91 Å². The Bertz CT molecular complexity index is 424. The molecule has 15 heavy (non-hydrogen) atoms. The van der Waals surface area contributed by atoms with Crippen LogP contribution in [-0.2, 0) is 6.54 Å². The molecule has 0 saturated heterocycles. The molecule has 78 valence electrons. The van der Waals surface area contributed by atoms with Crippen LogP contribution >= 0.6 is 0 Å². The van der Waals surface area contributed by atoms with Crippen molar-refractivity contribution in [2.75, 3.05) is 7.11 Å². The molecule has 1 aromatic carbocycles. The number of nitroso groups, excluding NO2 is 1. The van der Waals surface area contributed by atoms with E-state index in [9.17, 15) is 4.91 Å². The lowest BCUT2D eigenvalue weighted by molar-refractivity contribution is -0.586. The van der Waals surface area contributed by atoms with Crippen molar-refractivity contribution in [3.8, 4) is 5.75 Å². The van der Waals surface area contributed by atoms with Gasteiger partial charge in [0.2, 0.25) is 12.6 Å². The first-order chi connectivity index (χ1) is 7.20. The fourth-order valence-electron chi connectivity index (χ4n) is 1.66. The van der Waals surface area contributed by atoms with Gasteiger partial charge in [-0.3, -0.25) is 0 Å². The van der Waals surface area contributed by atoms with Crippen molar-refractivity contribution in [2.24, 2.45) is 0 Å². The van der Waals surface area contributed by atoms with Crippen molar-refractivity contribution in [1.29, 1.82) is 0 Å². The normalized spacial score (nSPS) is 19.6. The standard InChI is InChI=1S/C12H14NO2/c1-9-3-4-10-5-6-12(15-2)7-11(10)8-13(9)14/h3-7,9H,8H2,1-2H3/q+1. The number of hydrogen-bond acceptors (Lipinski definition) is 2.